The molecule has 7 nitrogen and oxygen atoms in total. The molecule has 0 unspecified atom stereocenters. The molecule has 0 saturated carbocycles. The van der Waals surface area contributed by atoms with E-state index in [1.54, 1.807) is 46.8 Å². The number of rotatable bonds is 1. The summed E-state index contributed by atoms with van der Waals surface area (Å²) in [6.45, 7) is 8.82. The molecule has 1 saturated heterocycles. The Labute approximate surface area is 174 Å². The molecule has 0 N–H and O–H groups in total. The second-order valence-electron chi connectivity index (χ2n) is 8.52. The number of benzene rings is 1. The molecule has 30 heavy (non-hydrogen) atoms. The van der Waals surface area contributed by atoms with Crippen molar-refractivity contribution in [1.29, 1.82) is 0 Å². The van der Waals surface area contributed by atoms with Gasteiger partial charge in [-0.15, -0.1) is 0 Å². The van der Waals surface area contributed by atoms with Crippen molar-refractivity contribution in [3.8, 4) is 11.8 Å². The van der Waals surface area contributed by atoms with E-state index in [0.717, 1.165) is 5.01 Å². The first kappa shape index (κ1) is 21.2. The summed E-state index contributed by atoms with van der Waals surface area (Å²) < 4.78 is 18.4. The maximum Gasteiger partial charge on any atom is 0.430 e. The highest BCUT2D eigenvalue weighted by atomic mass is 19.1. The summed E-state index contributed by atoms with van der Waals surface area (Å²) >= 11 is 0. The maximum absolute atomic E-state index is 13.0. The first-order valence-electron chi connectivity index (χ1n) is 9.42. The molecule has 1 aromatic heterocycles. The second kappa shape index (κ2) is 7.75. The second-order valence-corrected chi connectivity index (χ2v) is 8.52. The number of hydrogen-bond donors (Lipinski definition) is 0. The van der Waals surface area contributed by atoms with Gasteiger partial charge >= 0.3 is 6.09 Å². The standard InChI is InChI=1S/C22H23FN4O3/c1-21(2,3)30-20(29)27-22(4,5)12-18(28)26(27)19-24-13-16(14-25-19)7-6-15-8-10-17(23)11-9-15/h8-11,13-14H,12H2,1-5H3. The number of aromatic nitrogens is 2. The minimum absolute atomic E-state index is 0.0590. The summed E-state index contributed by atoms with van der Waals surface area (Å²) in [6.07, 6.45) is 2.39. The molecule has 0 aliphatic carbocycles. The Morgan fingerprint density at radius 3 is 2.23 bits per heavy atom. The van der Waals surface area contributed by atoms with Gasteiger partial charge in [-0.2, -0.15) is 5.01 Å². The van der Waals surface area contributed by atoms with Gasteiger partial charge in [-0.3, -0.25) is 4.79 Å². The molecular weight excluding hydrogens is 387 g/mol. The van der Waals surface area contributed by atoms with Crippen LogP contribution in [0.5, 0.6) is 0 Å². The number of hydrazine groups is 1. The van der Waals surface area contributed by atoms with E-state index in [1.165, 1.54) is 29.5 Å². The predicted molar refractivity (Wildman–Crippen MR) is 109 cm³/mol. The van der Waals surface area contributed by atoms with Gasteiger partial charge in [0.15, 0.2) is 0 Å². The third-order valence-electron chi connectivity index (χ3n) is 4.18. The Balaban J connectivity index is 1.85. The van der Waals surface area contributed by atoms with Crippen LogP contribution in [0.25, 0.3) is 0 Å². The molecule has 0 spiro atoms. The SMILES string of the molecule is CC(C)(C)OC(=O)N1N(c2ncc(C#Cc3ccc(F)cc3)cn2)C(=O)CC1(C)C. The summed E-state index contributed by atoms with van der Waals surface area (Å²) in [5.74, 6) is 5.19. The van der Waals surface area contributed by atoms with E-state index in [1.807, 2.05) is 0 Å². The van der Waals surface area contributed by atoms with Crippen molar-refractivity contribution in [2.45, 2.75) is 52.2 Å². The zero-order valence-corrected chi connectivity index (χ0v) is 17.6. The zero-order valence-electron chi connectivity index (χ0n) is 17.6. The fourth-order valence-corrected chi connectivity index (χ4v) is 2.91. The normalized spacial score (nSPS) is 15.6. The molecule has 1 aliphatic rings. The monoisotopic (exact) mass is 410 g/mol. The summed E-state index contributed by atoms with van der Waals surface area (Å²) in [4.78, 5) is 33.8. The lowest BCUT2D eigenvalue weighted by Gasteiger charge is -2.35. The van der Waals surface area contributed by atoms with Crippen LogP contribution >= 0.6 is 0 Å². The summed E-state index contributed by atoms with van der Waals surface area (Å²) in [6, 6.07) is 5.80. The Hall–Kier alpha value is -3.47. The molecule has 156 valence electrons. The number of nitrogens with zero attached hydrogens (tertiary/aromatic N) is 4. The van der Waals surface area contributed by atoms with Gasteiger partial charge in [-0.25, -0.2) is 24.2 Å². The fraction of sp³-hybridized carbons (Fsp3) is 0.364. The first-order valence-corrected chi connectivity index (χ1v) is 9.42. The van der Waals surface area contributed by atoms with Crippen molar-refractivity contribution in [3.05, 3.63) is 53.6 Å². The molecule has 0 bridgehead atoms. The third-order valence-corrected chi connectivity index (χ3v) is 4.18. The van der Waals surface area contributed by atoms with Gasteiger partial charge in [0.05, 0.1) is 17.5 Å². The lowest BCUT2D eigenvalue weighted by Crippen LogP contribution is -2.53. The van der Waals surface area contributed by atoms with Crippen LogP contribution in [0.4, 0.5) is 15.1 Å². The number of ether oxygens (including phenoxy) is 1. The molecule has 0 atom stereocenters. The Kier molecular flexibility index (Phi) is 5.49. The zero-order chi connectivity index (χ0) is 22.1. The topological polar surface area (TPSA) is 75.6 Å². The number of carbonyl (C=O) groups excluding carboxylic acids is 2. The molecule has 2 amide bonds. The van der Waals surface area contributed by atoms with Crippen molar-refractivity contribution >= 4 is 17.9 Å². The highest BCUT2D eigenvalue weighted by Crippen LogP contribution is 2.33. The number of hydrogen-bond acceptors (Lipinski definition) is 5. The van der Waals surface area contributed by atoms with Crippen LogP contribution in [0.2, 0.25) is 0 Å². The van der Waals surface area contributed by atoms with Gasteiger partial charge in [0.2, 0.25) is 0 Å². The van der Waals surface area contributed by atoms with E-state index in [2.05, 4.69) is 21.8 Å². The van der Waals surface area contributed by atoms with Crippen molar-refractivity contribution in [2.75, 3.05) is 5.01 Å². The molecule has 1 aromatic carbocycles. The number of amides is 2. The number of halogens is 1. The van der Waals surface area contributed by atoms with Gasteiger partial charge in [0.25, 0.3) is 11.9 Å². The highest BCUT2D eigenvalue weighted by molar-refractivity contribution is 5.98. The number of carbonyl (C=O) groups is 2. The quantitative estimate of drug-likeness (QED) is 0.671. The lowest BCUT2D eigenvalue weighted by molar-refractivity contribution is -0.118. The fourth-order valence-electron chi connectivity index (χ4n) is 2.91. The first-order chi connectivity index (χ1) is 14.0. The van der Waals surface area contributed by atoms with Gasteiger partial charge in [0.1, 0.15) is 11.4 Å². The largest absolute Gasteiger partial charge is 0.442 e. The Morgan fingerprint density at radius 2 is 1.67 bits per heavy atom. The maximum atomic E-state index is 13.0. The van der Waals surface area contributed by atoms with E-state index >= 15 is 0 Å². The molecule has 0 radical (unpaired) electrons. The average Bonchev–Trinajstić information content (AvgIpc) is 2.89. The van der Waals surface area contributed by atoms with E-state index in [4.69, 9.17) is 4.74 Å². The van der Waals surface area contributed by atoms with Crippen molar-refractivity contribution in [2.24, 2.45) is 0 Å². The molecule has 2 heterocycles. The van der Waals surface area contributed by atoms with Crippen LogP contribution in [0.15, 0.2) is 36.7 Å². The highest BCUT2D eigenvalue weighted by Gasteiger charge is 2.50. The van der Waals surface area contributed by atoms with Crippen LogP contribution < -0.4 is 5.01 Å². The number of anilines is 1. The third kappa shape index (κ3) is 4.74. The van der Waals surface area contributed by atoms with Gasteiger partial charge in [-0.1, -0.05) is 11.8 Å². The van der Waals surface area contributed by atoms with Crippen LogP contribution in [-0.2, 0) is 9.53 Å². The van der Waals surface area contributed by atoms with Crippen molar-refractivity contribution in [1.82, 2.24) is 15.0 Å². The van der Waals surface area contributed by atoms with Gasteiger partial charge in [-0.05, 0) is 58.9 Å². The molecular formula is C22H23FN4O3. The summed E-state index contributed by atoms with van der Waals surface area (Å²) in [5, 5.41) is 2.39. The van der Waals surface area contributed by atoms with E-state index in [0.29, 0.717) is 11.1 Å². The summed E-state index contributed by atoms with van der Waals surface area (Å²) in [5.41, 5.74) is -0.347. The van der Waals surface area contributed by atoms with Gasteiger partial charge in [0, 0.05) is 18.0 Å². The molecule has 2 aromatic rings. The van der Waals surface area contributed by atoms with Crippen LogP contribution in [-0.4, -0.2) is 38.1 Å². The smallest absolute Gasteiger partial charge is 0.430 e. The molecule has 1 fully saturated rings. The van der Waals surface area contributed by atoms with E-state index in [-0.39, 0.29) is 24.1 Å². The average molecular weight is 410 g/mol. The van der Waals surface area contributed by atoms with Crippen LogP contribution in [0.1, 0.15) is 52.2 Å². The van der Waals surface area contributed by atoms with Crippen molar-refractivity contribution in [3.63, 3.8) is 0 Å². The lowest BCUT2D eigenvalue weighted by atomic mass is 10.0. The molecule has 1 aliphatic heterocycles. The van der Waals surface area contributed by atoms with E-state index < -0.39 is 17.2 Å². The van der Waals surface area contributed by atoms with Crippen molar-refractivity contribution < 1.29 is 18.7 Å². The van der Waals surface area contributed by atoms with Crippen LogP contribution in [0.3, 0.4) is 0 Å². The molecule has 8 heteroatoms. The minimum atomic E-state index is -0.788. The Bertz CT molecular complexity index is 1020. The predicted octanol–water partition coefficient (Wildman–Crippen LogP) is 3.68. The minimum Gasteiger partial charge on any atom is -0.442 e. The van der Waals surface area contributed by atoms with Gasteiger partial charge < -0.3 is 4.74 Å². The van der Waals surface area contributed by atoms with Crippen LogP contribution in [0, 0.1) is 17.7 Å². The Morgan fingerprint density at radius 1 is 1.10 bits per heavy atom. The van der Waals surface area contributed by atoms with E-state index in [9.17, 15) is 14.0 Å². The summed E-state index contributed by atoms with van der Waals surface area (Å²) in [7, 11) is 0. The molecule has 3 rings (SSSR count).